The third kappa shape index (κ3) is 14.3. The fourth-order valence-electron chi connectivity index (χ4n) is 2.56. The molecule has 0 spiro atoms. The second-order valence-electron chi connectivity index (χ2n) is 8.82. The quantitative estimate of drug-likeness (QED) is 0.191. The molecule has 0 aliphatic rings. The smallest absolute Gasteiger partial charge is 0.354 e. The summed E-state index contributed by atoms with van der Waals surface area (Å²) in [5, 5.41) is 0. The lowest BCUT2D eigenvalue weighted by atomic mass is 10.4. The predicted molar refractivity (Wildman–Crippen MR) is 113 cm³/mol. The Balaban J connectivity index is 5.03. The molecule has 27 heavy (non-hydrogen) atoms. The van der Waals surface area contributed by atoms with Crippen LogP contribution < -0.4 is 0 Å². The van der Waals surface area contributed by atoms with E-state index in [9.17, 15) is 9.59 Å². The molecule has 0 amide bonds. The van der Waals surface area contributed by atoms with Gasteiger partial charge in [-0.2, -0.15) is 0 Å². The molecule has 0 rings (SSSR count). The van der Waals surface area contributed by atoms with Crippen LogP contribution >= 0.6 is 0 Å². The maximum atomic E-state index is 12.0. The minimum Gasteiger partial charge on any atom is -0.463 e. The standard InChI is InChI=1S/C15H36O8Si4/c1-18-12-19-14(16)11-15(17)20-13-27(10,22-25(5,6)7)23-26(8,9)21-24(2,3)4/h11-13H2,1-10H3. The van der Waals surface area contributed by atoms with E-state index in [4.69, 9.17) is 21.8 Å². The fraction of sp³-hybridized carbons (Fsp3) is 0.867. The van der Waals surface area contributed by atoms with E-state index < -0.39 is 52.1 Å². The highest BCUT2D eigenvalue weighted by Crippen LogP contribution is 2.24. The number of ether oxygens (including phenoxy) is 3. The molecular formula is C15H36O8Si4. The maximum Gasteiger partial charge on any atom is 0.354 e. The Bertz CT molecular complexity index is 501. The summed E-state index contributed by atoms with van der Waals surface area (Å²) in [5.74, 6) is -1.38. The molecule has 0 bridgehead atoms. The van der Waals surface area contributed by atoms with E-state index in [0.29, 0.717) is 0 Å². The first kappa shape index (κ1) is 26.6. The molecule has 0 aromatic carbocycles. The monoisotopic (exact) mass is 456 g/mol. The molecule has 0 heterocycles. The van der Waals surface area contributed by atoms with Crippen molar-refractivity contribution < 1.29 is 36.1 Å². The van der Waals surface area contributed by atoms with Gasteiger partial charge >= 0.3 is 29.1 Å². The van der Waals surface area contributed by atoms with Gasteiger partial charge in [-0.1, -0.05) is 0 Å². The molecule has 0 aromatic heterocycles. The van der Waals surface area contributed by atoms with E-state index in [0.717, 1.165) is 0 Å². The third-order valence-corrected chi connectivity index (χ3v) is 15.6. The van der Waals surface area contributed by atoms with Gasteiger partial charge in [0.25, 0.3) is 0 Å². The average molecular weight is 457 g/mol. The zero-order valence-electron chi connectivity index (χ0n) is 18.4. The first-order chi connectivity index (χ1) is 12.0. The molecule has 0 saturated carbocycles. The van der Waals surface area contributed by atoms with Gasteiger partial charge in [0.15, 0.2) is 23.4 Å². The summed E-state index contributed by atoms with van der Waals surface area (Å²) in [7, 11) is -7.70. The van der Waals surface area contributed by atoms with E-state index >= 15 is 0 Å². The van der Waals surface area contributed by atoms with Crippen LogP contribution in [0.25, 0.3) is 0 Å². The molecule has 160 valence electrons. The molecule has 0 saturated heterocycles. The van der Waals surface area contributed by atoms with Crippen LogP contribution in [0.1, 0.15) is 6.42 Å². The van der Waals surface area contributed by atoms with Gasteiger partial charge < -0.3 is 26.6 Å². The molecule has 0 N–H and O–H groups in total. The number of hydrogen-bond donors (Lipinski definition) is 0. The highest BCUT2D eigenvalue weighted by molar-refractivity contribution is 6.89. The second kappa shape index (κ2) is 10.4. The fourth-order valence-corrected chi connectivity index (χ4v) is 19.8. The first-order valence-corrected chi connectivity index (χ1v) is 21.0. The lowest BCUT2D eigenvalue weighted by molar-refractivity contribution is -0.160. The Hall–Kier alpha value is -0.352. The van der Waals surface area contributed by atoms with E-state index in [-0.39, 0.29) is 13.0 Å². The van der Waals surface area contributed by atoms with Crippen molar-refractivity contribution >= 4 is 45.7 Å². The van der Waals surface area contributed by atoms with Gasteiger partial charge in [-0.3, -0.25) is 9.59 Å². The van der Waals surface area contributed by atoms with Crippen LogP contribution in [0.4, 0.5) is 0 Å². The number of methoxy groups -OCH3 is 1. The molecule has 1 atom stereocenters. The van der Waals surface area contributed by atoms with Crippen molar-refractivity contribution in [3.63, 3.8) is 0 Å². The van der Waals surface area contributed by atoms with Crippen LogP contribution in [0.2, 0.25) is 58.9 Å². The summed E-state index contributed by atoms with van der Waals surface area (Å²) in [6, 6.07) is 0. The van der Waals surface area contributed by atoms with Gasteiger partial charge in [0.05, 0.1) is 0 Å². The van der Waals surface area contributed by atoms with Crippen LogP contribution in [0.15, 0.2) is 0 Å². The molecule has 0 aliphatic heterocycles. The molecule has 0 aromatic rings. The van der Waals surface area contributed by atoms with Crippen molar-refractivity contribution in [2.45, 2.75) is 65.3 Å². The Labute approximate surface area is 167 Å². The first-order valence-electron chi connectivity index (χ1n) is 8.88. The van der Waals surface area contributed by atoms with Crippen molar-refractivity contribution in [1.29, 1.82) is 0 Å². The van der Waals surface area contributed by atoms with Crippen LogP contribution in [0.3, 0.4) is 0 Å². The van der Waals surface area contributed by atoms with Gasteiger partial charge in [-0.05, 0) is 58.9 Å². The van der Waals surface area contributed by atoms with Crippen LogP contribution in [0.5, 0.6) is 0 Å². The largest absolute Gasteiger partial charge is 0.463 e. The summed E-state index contributed by atoms with van der Waals surface area (Å²) in [6.07, 6.45) is -0.480. The van der Waals surface area contributed by atoms with Gasteiger partial charge in [0.2, 0.25) is 0 Å². The Morgan fingerprint density at radius 1 is 0.704 bits per heavy atom. The Morgan fingerprint density at radius 2 is 1.19 bits per heavy atom. The highest BCUT2D eigenvalue weighted by atomic mass is 28.5. The van der Waals surface area contributed by atoms with Crippen molar-refractivity contribution in [2.75, 3.05) is 20.1 Å². The number of rotatable bonds is 12. The van der Waals surface area contributed by atoms with Crippen LogP contribution in [-0.2, 0) is 36.1 Å². The zero-order valence-corrected chi connectivity index (χ0v) is 22.4. The molecule has 1 unspecified atom stereocenters. The highest BCUT2D eigenvalue weighted by Gasteiger charge is 2.45. The summed E-state index contributed by atoms with van der Waals surface area (Å²) in [6.45, 7) is 18.1. The van der Waals surface area contributed by atoms with Crippen molar-refractivity contribution in [3.05, 3.63) is 0 Å². The minimum atomic E-state index is -2.86. The van der Waals surface area contributed by atoms with Gasteiger partial charge in [-0.25, -0.2) is 0 Å². The molecule has 0 aliphatic carbocycles. The molecule has 8 nitrogen and oxygen atoms in total. The number of carbonyl (C=O) groups excluding carboxylic acids is 2. The average Bonchev–Trinajstić information content (AvgIpc) is 2.37. The van der Waals surface area contributed by atoms with E-state index in [2.05, 4.69) is 44.0 Å². The van der Waals surface area contributed by atoms with Gasteiger partial charge in [0.1, 0.15) is 12.7 Å². The summed E-state index contributed by atoms with van der Waals surface area (Å²) < 4.78 is 33.6. The molecule has 0 radical (unpaired) electrons. The second-order valence-corrected chi connectivity index (χ2v) is 25.1. The lowest BCUT2D eigenvalue weighted by Crippen LogP contribution is -2.59. The van der Waals surface area contributed by atoms with Gasteiger partial charge in [-0.15, -0.1) is 0 Å². The molecular weight excluding hydrogens is 421 g/mol. The zero-order chi connectivity index (χ0) is 21.5. The lowest BCUT2D eigenvalue weighted by Gasteiger charge is -2.40. The Kier molecular flexibility index (Phi) is 10.3. The normalized spacial score (nSPS) is 15.2. The minimum absolute atomic E-state index is 0.000844. The van der Waals surface area contributed by atoms with E-state index in [1.54, 1.807) is 0 Å². The Morgan fingerprint density at radius 3 is 1.63 bits per heavy atom. The number of esters is 2. The number of hydrogen-bond acceptors (Lipinski definition) is 8. The van der Waals surface area contributed by atoms with Crippen molar-refractivity contribution in [3.8, 4) is 0 Å². The van der Waals surface area contributed by atoms with E-state index in [1.807, 2.05) is 19.6 Å². The summed E-state index contributed by atoms with van der Waals surface area (Å²) in [5.41, 5.74) is 0. The topological polar surface area (TPSA) is 89.5 Å². The molecule has 12 heteroatoms. The van der Waals surface area contributed by atoms with Crippen LogP contribution in [-0.4, -0.2) is 65.8 Å². The van der Waals surface area contributed by atoms with Crippen LogP contribution in [0, 0.1) is 0 Å². The summed E-state index contributed by atoms with van der Waals surface area (Å²) >= 11 is 0. The maximum absolute atomic E-state index is 12.0. The van der Waals surface area contributed by atoms with E-state index in [1.165, 1.54) is 7.11 Å². The third-order valence-electron chi connectivity index (χ3n) is 2.66. The van der Waals surface area contributed by atoms with Crippen molar-refractivity contribution in [1.82, 2.24) is 0 Å². The predicted octanol–water partition coefficient (Wildman–Crippen LogP) is 3.10. The summed E-state index contributed by atoms with van der Waals surface area (Å²) in [4.78, 5) is 23.5. The number of carbonyl (C=O) groups is 2. The van der Waals surface area contributed by atoms with Gasteiger partial charge in [0, 0.05) is 7.11 Å². The van der Waals surface area contributed by atoms with Crippen molar-refractivity contribution in [2.24, 2.45) is 0 Å². The SMILES string of the molecule is COCOC(=O)CC(=O)OC[Si](C)(O[Si](C)(C)C)O[Si](C)(C)O[Si](C)(C)C. The molecule has 0 fully saturated rings.